The zero-order valence-electron chi connectivity index (χ0n) is 22.1. The van der Waals surface area contributed by atoms with Crippen LogP contribution in [0.25, 0.3) is 10.9 Å². The van der Waals surface area contributed by atoms with Crippen LogP contribution in [0.2, 0.25) is 0 Å². The van der Waals surface area contributed by atoms with Crippen molar-refractivity contribution in [2.45, 2.75) is 6.42 Å². The van der Waals surface area contributed by atoms with E-state index in [0.717, 1.165) is 28.7 Å². The summed E-state index contributed by atoms with van der Waals surface area (Å²) in [4.78, 5) is 20.5. The van der Waals surface area contributed by atoms with Crippen LogP contribution < -0.4 is 14.8 Å². The van der Waals surface area contributed by atoms with Gasteiger partial charge in [0, 0.05) is 35.7 Å². The van der Waals surface area contributed by atoms with E-state index >= 15 is 0 Å². The molecule has 0 unspecified atom stereocenters. The van der Waals surface area contributed by atoms with E-state index < -0.39 is 17.3 Å². The van der Waals surface area contributed by atoms with Gasteiger partial charge in [0.1, 0.15) is 46.5 Å². The number of phenols is 5. The molecule has 1 heterocycles. The number of nitrogens with zero attached hydrogens (tertiary/aromatic N) is 2. The van der Waals surface area contributed by atoms with E-state index in [1.807, 2.05) is 6.07 Å². The first-order valence-electron chi connectivity index (χ1n) is 12.2. The van der Waals surface area contributed by atoms with Crippen LogP contribution in [0.5, 0.6) is 40.2 Å². The number of benzene rings is 4. The molecule has 0 aliphatic carbocycles. The highest BCUT2D eigenvalue weighted by Gasteiger charge is 2.18. The quantitative estimate of drug-likeness (QED) is 0.117. The first kappa shape index (κ1) is 28.3. The van der Waals surface area contributed by atoms with E-state index in [9.17, 15) is 20.1 Å². The monoisotopic (exact) mass is 557 g/mol. The summed E-state index contributed by atoms with van der Waals surface area (Å²) in [6.07, 6.45) is 1.45. The Balaban J connectivity index is 0.000000191. The normalized spacial score (nSPS) is 10.4. The Kier molecular flexibility index (Phi) is 8.58. The third-order valence-corrected chi connectivity index (χ3v) is 5.93. The Hall–Kier alpha value is -5.71. The molecular weight excluding hydrogens is 530 g/mol. The van der Waals surface area contributed by atoms with Crippen molar-refractivity contribution in [3.63, 3.8) is 0 Å². The van der Waals surface area contributed by atoms with Gasteiger partial charge in [0.15, 0.2) is 17.3 Å². The molecule has 0 fully saturated rings. The number of ether oxygens (including phenoxy) is 2. The average Bonchev–Trinajstić information content (AvgIpc) is 2.94. The number of methoxy groups -OCH3 is 2. The molecule has 0 saturated heterocycles. The molecule has 210 valence electrons. The van der Waals surface area contributed by atoms with Crippen LogP contribution in [0.15, 0.2) is 79.1 Å². The van der Waals surface area contributed by atoms with E-state index in [4.69, 9.17) is 19.7 Å². The average molecular weight is 558 g/mol. The fourth-order valence-electron chi connectivity index (χ4n) is 3.93. The molecule has 0 amide bonds. The minimum Gasteiger partial charge on any atom is -0.508 e. The van der Waals surface area contributed by atoms with Crippen LogP contribution in [-0.2, 0) is 6.42 Å². The molecular formula is C30H27N3O8. The maximum atomic E-state index is 12.0. The van der Waals surface area contributed by atoms with Gasteiger partial charge >= 0.3 is 0 Å². The van der Waals surface area contributed by atoms with Crippen molar-refractivity contribution < 1.29 is 39.8 Å². The maximum absolute atomic E-state index is 12.0. The van der Waals surface area contributed by atoms with Gasteiger partial charge in [0.05, 0.1) is 19.7 Å². The molecule has 41 heavy (non-hydrogen) atoms. The molecule has 11 heteroatoms. The number of carbonyl (C=O) groups excluding carboxylic acids is 1. The number of fused-ring (bicyclic) bond motifs is 1. The zero-order valence-corrected chi connectivity index (χ0v) is 22.1. The molecule has 0 saturated carbocycles. The lowest BCUT2D eigenvalue weighted by atomic mass is 10.0. The number of Topliss-reactive ketones (excluding diaryl/α,β-unsaturated/α-hetero) is 1. The van der Waals surface area contributed by atoms with Gasteiger partial charge in [-0.25, -0.2) is 9.97 Å². The molecule has 1 aromatic heterocycles. The van der Waals surface area contributed by atoms with E-state index in [1.54, 1.807) is 56.7 Å². The summed E-state index contributed by atoms with van der Waals surface area (Å²) in [6, 6.07) is 18.4. The summed E-state index contributed by atoms with van der Waals surface area (Å²) in [5, 5.41) is 50.8. The fraction of sp³-hybridized carbons (Fsp3) is 0.100. The van der Waals surface area contributed by atoms with Crippen molar-refractivity contribution in [3.05, 3.63) is 90.3 Å². The first-order chi connectivity index (χ1) is 19.7. The Labute approximate surface area is 234 Å². The molecule has 0 spiro atoms. The van der Waals surface area contributed by atoms with Gasteiger partial charge in [0.25, 0.3) is 0 Å². The summed E-state index contributed by atoms with van der Waals surface area (Å²) in [7, 11) is 3.17. The number of ketones is 1. The van der Waals surface area contributed by atoms with Crippen LogP contribution in [0.4, 0.5) is 11.5 Å². The Morgan fingerprint density at radius 2 is 1.29 bits per heavy atom. The topological polar surface area (TPSA) is 174 Å². The van der Waals surface area contributed by atoms with Gasteiger partial charge in [0.2, 0.25) is 0 Å². The van der Waals surface area contributed by atoms with Crippen molar-refractivity contribution in [1.29, 1.82) is 0 Å². The van der Waals surface area contributed by atoms with E-state index in [1.165, 1.54) is 18.5 Å². The van der Waals surface area contributed by atoms with Crippen LogP contribution in [0.1, 0.15) is 15.9 Å². The molecule has 4 aromatic carbocycles. The van der Waals surface area contributed by atoms with Crippen LogP contribution in [0.3, 0.4) is 0 Å². The number of aromatic hydroxyl groups is 5. The summed E-state index contributed by atoms with van der Waals surface area (Å²) in [5.41, 5.74) is 1.96. The van der Waals surface area contributed by atoms with Crippen molar-refractivity contribution in [2.24, 2.45) is 0 Å². The molecule has 0 bridgehead atoms. The van der Waals surface area contributed by atoms with Gasteiger partial charge in [-0.2, -0.15) is 0 Å². The van der Waals surface area contributed by atoms with Crippen LogP contribution >= 0.6 is 0 Å². The number of carbonyl (C=O) groups is 1. The number of rotatable bonds is 7. The van der Waals surface area contributed by atoms with Crippen molar-refractivity contribution in [1.82, 2.24) is 9.97 Å². The lowest BCUT2D eigenvalue weighted by molar-refractivity contribution is 0.0987. The van der Waals surface area contributed by atoms with Gasteiger partial charge in [-0.15, -0.1) is 0 Å². The molecule has 5 aromatic rings. The second-order valence-corrected chi connectivity index (χ2v) is 8.74. The zero-order chi connectivity index (χ0) is 29.5. The third kappa shape index (κ3) is 6.84. The van der Waals surface area contributed by atoms with E-state index in [0.29, 0.717) is 22.9 Å². The van der Waals surface area contributed by atoms with Crippen molar-refractivity contribution >= 4 is 28.2 Å². The van der Waals surface area contributed by atoms with E-state index in [2.05, 4.69) is 15.3 Å². The maximum Gasteiger partial charge on any atom is 0.174 e. The molecule has 0 aliphatic rings. The highest BCUT2D eigenvalue weighted by molar-refractivity contribution is 6.02. The molecule has 0 aliphatic heterocycles. The van der Waals surface area contributed by atoms with Gasteiger partial charge in [-0.1, -0.05) is 12.1 Å². The molecule has 0 atom stereocenters. The smallest absolute Gasteiger partial charge is 0.174 e. The number of nitrogens with one attached hydrogen (secondary N) is 1. The van der Waals surface area contributed by atoms with Crippen molar-refractivity contribution in [2.75, 3.05) is 19.5 Å². The molecule has 6 N–H and O–H groups in total. The van der Waals surface area contributed by atoms with Crippen LogP contribution in [0, 0.1) is 0 Å². The molecule has 5 rings (SSSR count). The second-order valence-electron chi connectivity index (χ2n) is 8.74. The minimum atomic E-state index is -0.485. The number of aromatic nitrogens is 2. The van der Waals surface area contributed by atoms with Crippen molar-refractivity contribution in [3.8, 4) is 40.2 Å². The minimum absolute atomic E-state index is 0.0355. The number of hydrogen-bond acceptors (Lipinski definition) is 11. The summed E-state index contributed by atoms with van der Waals surface area (Å²) < 4.78 is 10.6. The van der Waals surface area contributed by atoms with Gasteiger partial charge in [-0.3, -0.25) is 4.79 Å². The lowest BCUT2D eigenvalue weighted by Crippen LogP contribution is -2.04. The summed E-state index contributed by atoms with van der Waals surface area (Å²) in [5.74, 6) is 0.426. The Morgan fingerprint density at radius 1 is 0.732 bits per heavy atom. The summed E-state index contributed by atoms with van der Waals surface area (Å²) >= 11 is 0. The van der Waals surface area contributed by atoms with Crippen LogP contribution in [-0.4, -0.2) is 55.5 Å². The second kappa shape index (κ2) is 12.4. The Morgan fingerprint density at radius 3 is 1.88 bits per heavy atom. The van der Waals surface area contributed by atoms with Gasteiger partial charge in [-0.05, 0) is 48.0 Å². The van der Waals surface area contributed by atoms with Gasteiger partial charge < -0.3 is 40.3 Å². The molecule has 0 radical (unpaired) electrons. The Bertz CT molecular complexity index is 1650. The summed E-state index contributed by atoms with van der Waals surface area (Å²) in [6.45, 7) is 0. The molecule has 11 nitrogen and oxygen atoms in total. The number of anilines is 2. The van der Waals surface area contributed by atoms with E-state index in [-0.39, 0.29) is 29.2 Å². The fourth-order valence-corrected chi connectivity index (χ4v) is 3.93. The predicted octanol–water partition coefficient (Wildman–Crippen LogP) is 5.03. The highest BCUT2D eigenvalue weighted by atomic mass is 16.5. The third-order valence-electron chi connectivity index (χ3n) is 5.93. The lowest BCUT2D eigenvalue weighted by Gasteiger charge is -2.12. The number of phenolic OH excluding ortho intramolecular Hbond substituents is 5. The largest absolute Gasteiger partial charge is 0.508 e. The standard InChI is InChI=1S/C16H15N3O3.C14H12O5/c1-21-14-7-12-13(8-15(14)22-2)17-9-18-16(12)19-10-3-5-11(20)6-4-10;15-9-3-1-8(2-4-9)5-11(17)14-12(18)6-10(16)7-13(14)19/h3-9,20H,1-2H3,(H,17,18,19);1-4,6-7,15-16,18-19H,5H2. The SMILES string of the molecule is COc1cc2ncnc(Nc3ccc(O)cc3)c2cc1OC.O=C(Cc1ccc(O)cc1)c1c(O)cc(O)cc1O. The number of hydrogen-bond donors (Lipinski definition) is 6. The highest BCUT2D eigenvalue weighted by Crippen LogP contribution is 2.35. The predicted molar refractivity (Wildman–Crippen MR) is 152 cm³/mol. The first-order valence-corrected chi connectivity index (χ1v) is 12.2.